The molecule has 2 aromatic rings. The molecule has 1 aliphatic heterocycles. The Morgan fingerprint density at radius 3 is 2.43 bits per heavy atom. The molecule has 0 aliphatic carbocycles. The van der Waals surface area contributed by atoms with Crippen LogP contribution >= 0.6 is 0 Å². The minimum Gasteiger partial charge on any atom is -1.00 e. The Balaban J connectivity index is 0.00000192. The highest BCUT2D eigenvalue weighted by atomic mass is 127. The topological polar surface area (TPSA) is 19.1 Å². The van der Waals surface area contributed by atoms with Gasteiger partial charge in [-0.15, -0.1) is 4.98 Å². The minimum atomic E-state index is 0. The standard InChI is InChI=1S/C19H24N3.HI/c1-15-12-16(2)19(17(3)13-15)22-11-7-6-10-21(14-22)18-8-4-5-9-20-18;/h4-5,8-9,12-14H,6-7,10-11H2,1-3H3;1H/q+1;/p-1. The first-order valence-electron chi connectivity index (χ1n) is 8.02. The molecular formula is C19H24IN3. The number of rotatable bonds is 2. The fraction of sp³-hybridized carbons (Fsp3) is 0.368. The van der Waals surface area contributed by atoms with E-state index in [1.807, 2.05) is 18.3 Å². The summed E-state index contributed by atoms with van der Waals surface area (Å²) in [5.74, 6) is 1.02. The Bertz CT molecular complexity index is 672. The molecule has 23 heavy (non-hydrogen) atoms. The summed E-state index contributed by atoms with van der Waals surface area (Å²) in [6, 6.07) is 10.6. The van der Waals surface area contributed by atoms with E-state index in [0.29, 0.717) is 0 Å². The maximum atomic E-state index is 4.50. The van der Waals surface area contributed by atoms with Gasteiger partial charge in [-0.3, -0.25) is 4.90 Å². The van der Waals surface area contributed by atoms with Gasteiger partial charge in [0.15, 0.2) is 6.34 Å². The van der Waals surface area contributed by atoms with Gasteiger partial charge in [0.25, 0.3) is 5.82 Å². The van der Waals surface area contributed by atoms with Crippen LogP contribution in [-0.2, 0) is 0 Å². The number of halogens is 1. The third kappa shape index (κ3) is 4.10. The molecule has 0 radical (unpaired) electrons. The summed E-state index contributed by atoms with van der Waals surface area (Å²) in [5.41, 5.74) is 5.36. The zero-order valence-electron chi connectivity index (χ0n) is 14.1. The second-order valence-electron chi connectivity index (χ2n) is 6.14. The second kappa shape index (κ2) is 7.90. The van der Waals surface area contributed by atoms with Crippen molar-refractivity contribution in [2.45, 2.75) is 33.6 Å². The Hall–Kier alpha value is -1.43. The molecule has 0 unspecified atom stereocenters. The number of anilines is 1. The van der Waals surface area contributed by atoms with Gasteiger partial charge >= 0.3 is 0 Å². The summed E-state index contributed by atoms with van der Waals surface area (Å²) in [4.78, 5) is 6.89. The van der Waals surface area contributed by atoms with Crippen LogP contribution in [0.3, 0.4) is 0 Å². The van der Waals surface area contributed by atoms with Crippen LogP contribution in [0.15, 0.2) is 36.5 Å². The lowest BCUT2D eigenvalue weighted by atomic mass is 10.0. The van der Waals surface area contributed by atoms with Crippen LogP contribution in [0.4, 0.5) is 11.5 Å². The van der Waals surface area contributed by atoms with E-state index in [2.05, 4.69) is 59.8 Å². The van der Waals surface area contributed by atoms with Gasteiger partial charge in [-0.25, -0.2) is 4.58 Å². The van der Waals surface area contributed by atoms with E-state index in [4.69, 9.17) is 0 Å². The van der Waals surface area contributed by atoms with Crippen molar-refractivity contribution < 1.29 is 28.6 Å². The maximum Gasteiger partial charge on any atom is 0.262 e. The molecule has 0 spiro atoms. The normalized spacial score (nSPS) is 14.7. The molecule has 0 saturated carbocycles. The predicted octanol–water partition coefficient (Wildman–Crippen LogP) is 0.984. The number of aryl methyl sites for hydroxylation is 3. The molecule has 0 saturated heterocycles. The summed E-state index contributed by atoms with van der Waals surface area (Å²) in [6.07, 6.45) is 6.49. The summed E-state index contributed by atoms with van der Waals surface area (Å²) in [6.45, 7) is 8.67. The first kappa shape index (κ1) is 17.9. The lowest BCUT2D eigenvalue weighted by Gasteiger charge is -2.19. The number of aromatic nitrogens is 1. The van der Waals surface area contributed by atoms with E-state index in [0.717, 1.165) is 18.9 Å². The van der Waals surface area contributed by atoms with Crippen molar-refractivity contribution in [3.8, 4) is 0 Å². The van der Waals surface area contributed by atoms with Crippen molar-refractivity contribution in [1.82, 2.24) is 4.98 Å². The molecule has 2 heterocycles. The predicted molar refractivity (Wildman–Crippen MR) is 92.3 cm³/mol. The lowest BCUT2D eigenvalue weighted by molar-refractivity contribution is -0.440. The molecule has 0 amide bonds. The van der Waals surface area contributed by atoms with Crippen molar-refractivity contribution in [2.75, 3.05) is 18.0 Å². The monoisotopic (exact) mass is 421 g/mol. The van der Waals surface area contributed by atoms with Gasteiger partial charge < -0.3 is 24.0 Å². The molecule has 0 atom stereocenters. The Kier molecular flexibility index (Phi) is 6.16. The first-order chi connectivity index (χ1) is 10.6. The molecule has 1 aliphatic rings. The van der Waals surface area contributed by atoms with Gasteiger partial charge in [0, 0.05) is 6.07 Å². The van der Waals surface area contributed by atoms with Crippen LogP contribution in [-0.4, -0.2) is 29.0 Å². The van der Waals surface area contributed by atoms with Crippen LogP contribution in [0.2, 0.25) is 0 Å². The summed E-state index contributed by atoms with van der Waals surface area (Å²) in [5, 5.41) is 0. The third-order valence-electron chi connectivity index (χ3n) is 4.19. The van der Waals surface area contributed by atoms with Gasteiger partial charge in [-0.1, -0.05) is 23.8 Å². The molecule has 3 rings (SSSR count). The highest BCUT2D eigenvalue weighted by Gasteiger charge is 2.20. The highest BCUT2D eigenvalue weighted by Crippen LogP contribution is 2.27. The van der Waals surface area contributed by atoms with Crippen molar-refractivity contribution in [3.63, 3.8) is 0 Å². The smallest absolute Gasteiger partial charge is 0.262 e. The van der Waals surface area contributed by atoms with Crippen molar-refractivity contribution >= 4 is 17.8 Å². The molecule has 0 fully saturated rings. The van der Waals surface area contributed by atoms with Gasteiger partial charge in [0.2, 0.25) is 0 Å². The van der Waals surface area contributed by atoms with Crippen LogP contribution in [0.25, 0.3) is 0 Å². The summed E-state index contributed by atoms with van der Waals surface area (Å²) in [7, 11) is 0. The fourth-order valence-corrected chi connectivity index (χ4v) is 3.34. The molecule has 4 heteroatoms. The van der Waals surface area contributed by atoms with E-state index in [9.17, 15) is 0 Å². The van der Waals surface area contributed by atoms with Crippen LogP contribution < -0.4 is 28.9 Å². The molecule has 1 aromatic carbocycles. The van der Waals surface area contributed by atoms with E-state index in [-0.39, 0.29) is 24.0 Å². The average Bonchev–Trinajstić information content (AvgIpc) is 2.73. The van der Waals surface area contributed by atoms with Crippen LogP contribution in [0.1, 0.15) is 29.5 Å². The average molecular weight is 421 g/mol. The first-order valence-corrected chi connectivity index (χ1v) is 8.02. The van der Waals surface area contributed by atoms with Gasteiger partial charge in [-0.2, -0.15) is 0 Å². The zero-order chi connectivity index (χ0) is 15.5. The summed E-state index contributed by atoms with van der Waals surface area (Å²) < 4.78 is 2.27. The third-order valence-corrected chi connectivity index (χ3v) is 4.19. The van der Waals surface area contributed by atoms with Gasteiger partial charge in [0.1, 0.15) is 11.9 Å². The molecular weight excluding hydrogens is 397 g/mol. The number of nitrogens with zero attached hydrogens (tertiary/aromatic N) is 3. The van der Waals surface area contributed by atoms with Gasteiger partial charge in [0.05, 0.1) is 13.1 Å². The Morgan fingerprint density at radius 1 is 1.04 bits per heavy atom. The van der Waals surface area contributed by atoms with E-state index < -0.39 is 0 Å². The van der Waals surface area contributed by atoms with E-state index in [1.165, 1.54) is 35.2 Å². The van der Waals surface area contributed by atoms with E-state index in [1.54, 1.807) is 0 Å². The molecule has 3 nitrogen and oxygen atoms in total. The largest absolute Gasteiger partial charge is 1.00 e. The lowest BCUT2D eigenvalue weighted by Crippen LogP contribution is -3.00. The SMILES string of the molecule is Cc1cc(C)c(N2C=[N+](c3ccccn3)CCCC2)c(C)c1.[I-]. The Labute approximate surface area is 156 Å². The Morgan fingerprint density at radius 2 is 1.78 bits per heavy atom. The minimum absolute atomic E-state index is 0. The number of benzene rings is 1. The molecule has 0 bridgehead atoms. The molecule has 122 valence electrons. The van der Waals surface area contributed by atoms with Crippen molar-refractivity contribution in [3.05, 3.63) is 53.2 Å². The van der Waals surface area contributed by atoms with E-state index >= 15 is 0 Å². The molecule has 1 aromatic heterocycles. The highest BCUT2D eigenvalue weighted by molar-refractivity contribution is 5.80. The number of hydrogen-bond acceptors (Lipinski definition) is 2. The fourth-order valence-electron chi connectivity index (χ4n) is 3.34. The zero-order valence-corrected chi connectivity index (χ0v) is 16.2. The number of hydrogen-bond donors (Lipinski definition) is 0. The second-order valence-corrected chi connectivity index (χ2v) is 6.14. The van der Waals surface area contributed by atoms with Gasteiger partial charge in [-0.05, 0) is 50.8 Å². The maximum absolute atomic E-state index is 4.50. The quantitative estimate of drug-likeness (QED) is 0.532. The van der Waals surface area contributed by atoms with Crippen molar-refractivity contribution in [1.29, 1.82) is 0 Å². The summed E-state index contributed by atoms with van der Waals surface area (Å²) >= 11 is 0. The molecule has 0 N–H and O–H groups in total. The number of pyridine rings is 1. The van der Waals surface area contributed by atoms with Crippen molar-refractivity contribution in [2.24, 2.45) is 0 Å². The van der Waals surface area contributed by atoms with Crippen LogP contribution in [0, 0.1) is 20.8 Å². The van der Waals surface area contributed by atoms with Crippen LogP contribution in [0.5, 0.6) is 0 Å².